The summed E-state index contributed by atoms with van der Waals surface area (Å²) in [6, 6.07) is 0. The molecule has 0 spiro atoms. The van der Waals surface area contributed by atoms with Crippen LogP contribution < -0.4 is 5.32 Å². The standard InChI is InChI=1S/C9H19N/c1-3-8(2)6-10-7-9-4-5-9/h8-10H,3-7H2,1-2H3/t8-/m1/s1. The summed E-state index contributed by atoms with van der Waals surface area (Å²) < 4.78 is 0. The van der Waals surface area contributed by atoms with Crippen LogP contribution in [0.3, 0.4) is 0 Å². The summed E-state index contributed by atoms with van der Waals surface area (Å²) in [4.78, 5) is 0. The van der Waals surface area contributed by atoms with Gasteiger partial charge in [-0.1, -0.05) is 20.3 Å². The summed E-state index contributed by atoms with van der Waals surface area (Å²) in [7, 11) is 0. The minimum absolute atomic E-state index is 0.860. The molecule has 0 aromatic carbocycles. The second kappa shape index (κ2) is 3.97. The van der Waals surface area contributed by atoms with E-state index in [1.165, 1.54) is 32.4 Å². The molecule has 0 bridgehead atoms. The van der Waals surface area contributed by atoms with Gasteiger partial charge in [0.25, 0.3) is 0 Å². The van der Waals surface area contributed by atoms with Crippen LogP contribution in [0.15, 0.2) is 0 Å². The molecule has 1 aliphatic carbocycles. The molecule has 1 N–H and O–H groups in total. The van der Waals surface area contributed by atoms with E-state index in [1.807, 2.05) is 0 Å². The van der Waals surface area contributed by atoms with E-state index < -0.39 is 0 Å². The Labute approximate surface area is 64.2 Å². The lowest BCUT2D eigenvalue weighted by Gasteiger charge is -2.08. The van der Waals surface area contributed by atoms with Crippen LogP contribution in [0.5, 0.6) is 0 Å². The molecule has 60 valence electrons. The lowest BCUT2D eigenvalue weighted by molar-refractivity contribution is 0.491. The fourth-order valence-electron chi connectivity index (χ4n) is 1.00. The molecule has 0 amide bonds. The Balaban J connectivity index is 1.83. The highest BCUT2D eigenvalue weighted by atomic mass is 14.9. The van der Waals surface area contributed by atoms with Gasteiger partial charge in [0.1, 0.15) is 0 Å². The van der Waals surface area contributed by atoms with E-state index in [1.54, 1.807) is 0 Å². The molecule has 1 aliphatic rings. The van der Waals surface area contributed by atoms with Gasteiger partial charge in [-0.25, -0.2) is 0 Å². The maximum Gasteiger partial charge on any atom is -0.00204 e. The van der Waals surface area contributed by atoms with Crippen molar-refractivity contribution in [3.05, 3.63) is 0 Å². The molecule has 0 saturated heterocycles. The van der Waals surface area contributed by atoms with Gasteiger partial charge in [0.2, 0.25) is 0 Å². The SMILES string of the molecule is CC[C@@H](C)CNCC1CC1. The highest BCUT2D eigenvalue weighted by Crippen LogP contribution is 2.27. The van der Waals surface area contributed by atoms with E-state index >= 15 is 0 Å². The van der Waals surface area contributed by atoms with E-state index in [-0.39, 0.29) is 0 Å². The largest absolute Gasteiger partial charge is 0.316 e. The lowest BCUT2D eigenvalue weighted by atomic mass is 10.1. The quantitative estimate of drug-likeness (QED) is 0.617. The number of nitrogens with one attached hydrogen (secondary N) is 1. The van der Waals surface area contributed by atoms with E-state index in [0.29, 0.717) is 0 Å². The molecule has 0 heterocycles. The number of hydrogen-bond acceptors (Lipinski definition) is 1. The van der Waals surface area contributed by atoms with E-state index in [0.717, 1.165) is 11.8 Å². The molecular formula is C9H19N. The van der Waals surface area contributed by atoms with Gasteiger partial charge in [0.05, 0.1) is 0 Å². The van der Waals surface area contributed by atoms with Crippen LogP contribution in [0, 0.1) is 11.8 Å². The van der Waals surface area contributed by atoms with Crippen LogP contribution in [-0.4, -0.2) is 13.1 Å². The van der Waals surface area contributed by atoms with Crippen molar-refractivity contribution in [1.82, 2.24) is 5.32 Å². The Hall–Kier alpha value is -0.0400. The minimum atomic E-state index is 0.860. The normalized spacial score (nSPS) is 21.0. The first-order valence-corrected chi connectivity index (χ1v) is 4.53. The maximum atomic E-state index is 3.50. The highest BCUT2D eigenvalue weighted by molar-refractivity contribution is 4.75. The smallest absolute Gasteiger partial charge is 0.00204 e. The van der Waals surface area contributed by atoms with Crippen LogP contribution in [-0.2, 0) is 0 Å². The van der Waals surface area contributed by atoms with E-state index in [4.69, 9.17) is 0 Å². The second-order valence-electron chi connectivity index (χ2n) is 3.62. The molecule has 0 unspecified atom stereocenters. The maximum absolute atomic E-state index is 3.50. The van der Waals surface area contributed by atoms with Crippen LogP contribution in [0.2, 0.25) is 0 Å². The summed E-state index contributed by atoms with van der Waals surface area (Å²) >= 11 is 0. The summed E-state index contributed by atoms with van der Waals surface area (Å²) in [5.74, 6) is 1.89. The van der Waals surface area contributed by atoms with Crippen molar-refractivity contribution in [3.8, 4) is 0 Å². The van der Waals surface area contributed by atoms with Crippen LogP contribution in [0.25, 0.3) is 0 Å². The van der Waals surface area contributed by atoms with Crippen molar-refractivity contribution in [2.45, 2.75) is 33.1 Å². The zero-order valence-corrected chi connectivity index (χ0v) is 7.19. The molecule has 1 nitrogen and oxygen atoms in total. The lowest BCUT2D eigenvalue weighted by Crippen LogP contribution is -2.22. The topological polar surface area (TPSA) is 12.0 Å². The molecule has 0 radical (unpaired) electrons. The van der Waals surface area contributed by atoms with Crippen molar-refractivity contribution < 1.29 is 0 Å². The number of hydrogen-bond donors (Lipinski definition) is 1. The highest BCUT2D eigenvalue weighted by Gasteiger charge is 2.20. The van der Waals surface area contributed by atoms with Gasteiger partial charge in [0, 0.05) is 0 Å². The molecule has 0 aliphatic heterocycles. The Morgan fingerprint density at radius 1 is 1.50 bits per heavy atom. The van der Waals surface area contributed by atoms with Gasteiger partial charge >= 0.3 is 0 Å². The Kier molecular flexibility index (Phi) is 3.20. The Morgan fingerprint density at radius 2 is 2.20 bits per heavy atom. The third-order valence-electron chi connectivity index (χ3n) is 2.32. The van der Waals surface area contributed by atoms with Gasteiger partial charge in [-0.05, 0) is 37.8 Å². The monoisotopic (exact) mass is 141 g/mol. The molecule has 0 aromatic heterocycles. The number of rotatable bonds is 5. The summed E-state index contributed by atoms with van der Waals surface area (Å²) in [6.45, 7) is 7.04. The first kappa shape index (κ1) is 8.06. The van der Waals surface area contributed by atoms with Gasteiger partial charge in [-0.15, -0.1) is 0 Å². The predicted octanol–water partition coefficient (Wildman–Crippen LogP) is 2.03. The third-order valence-corrected chi connectivity index (χ3v) is 2.32. The Bertz CT molecular complexity index is 86.7. The average molecular weight is 141 g/mol. The predicted molar refractivity (Wildman–Crippen MR) is 45.0 cm³/mol. The average Bonchev–Trinajstić information content (AvgIpc) is 2.71. The Morgan fingerprint density at radius 3 is 2.70 bits per heavy atom. The van der Waals surface area contributed by atoms with E-state index in [9.17, 15) is 0 Å². The molecule has 0 aromatic rings. The first-order valence-electron chi connectivity index (χ1n) is 4.53. The van der Waals surface area contributed by atoms with Gasteiger partial charge in [-0.3, -0.25) is 0 Å². The third kappa shape index (κ3) is 3.21. The van der Waals surface area contributed by atoms with Gasteiger partial charge in [-0.2, -0.15) is 0 Å². The van der Waals surface area contributed by atoms with Crippen molar-refractivity contribution in [1.29, 1.82) is 0 Å². The van der Waals surface area contributed by atoms with Crippen molar-refractivity contribution in [2.75, 3.05) is 13.1 Å². The molecule has 1 rings (SSSR count). The molecule has 1 fully saturated rings. The van der Waals surface area contributed by atoms with Crippen molar-refractivity contribution in [3.63, 3.8) is 0 Å². The van der Waals surface area contributed by atoms with Crippen LogP contribution in [0.4, 0.5) is 0 Å². The molecule has 10 heavy (non-hydrogen) atoms. The van der Waals surface area contributed by atoms with Crippen LogP contribution in [0.1, 0.15) is 33.1 Å². The zero-order valence-electron chi connectivity index (χ0n) is 7.19. The van der Waals surface area contributed by atoms with E-state index in [2.05, 4.69) is 19.2 Å². The fraction of sp³-hybridized carbons (Fsp3) is 1.00. The van der Waals surface area contributed by atoms with Gasteiger partial charge in [0.15, 0.2) is 0 Å². The zero-order chi connectivity index (χ0) is 7.40. The first-order chi connectivity index (χ1) is 4.83. The van der Waals surface area contributed by atoms with Crippen LogP contribution >= 0.6 is 0 Å². The molecule has 1 heteroatoms. The molecule has 1 saturated carbocycles. The fourth-order valence-corrected chi connectivity index (χ4v) is 1.00. The second-order valence-corrected chi connectivity index (χ2v) is 3.62. The summed E-state index contributed by atoms with van der Waals surface area (Å²) in [5.41, 5.74) is 0. The summed E-state index contributed by atoms with van der Waals surface area (Å²) in [5, 5.41) is 3.50. The molecule has 1 atom stereocenters. The minimum Gasteiger partial charge on any atom is -0.316 e. The molecular weight excluding hydrogens is 122 g/mol. The van der Waals surface area contributed by atoms with Gasteiger partial charge < -0.3 is 5.32 Å². The summed E-state index contributed by atoms with van der Waals surface area (Å²) in [6.07, 6.45) is 4.23. The van der Waals surface area contributed by atoms with Crippen molar-refractivity contribution in [2.24, 2.45) is 11.8 Å². The van der Waals surface area contributed by atoms with Crippen molar-refractivity contribution >= 4 is 0 Å².